The molecular weight excluding hydrogens is 282 g/mol. The first-order valence-corrected chi connectivity index (χ1v) is 7.87. The Bertz CT molecular complexity index is 535. The Morgan fingerprint density at radius 2 is 2.10 bits per heavy atom. The Balaban J connectivity index is 1.95. The first-order valence-electron chi connectivity index (χ1n) is 6.33. The summed E-state index contributed by atoms with van der Waals surface area (Å²) >= 11 is 0. The van der Waals surface area contributed by atoms with Gasteiger partial charge in [0.15, 0.2) is 9.84 Å². The van der Waals surface area contributed by atoms with Crippen molar-refractivity contribution in [2.75, 3.05) is 26.8 Å². The van der Waals surface area contributed by atoms with Crippen LogP contribution in [0.5, 0.6) is 0 Å². The van der Waals surface area contributed by atoms with Crippen LogP contribution >= 0.6 is 0 Å². The van der Waals surface area contributed by atoms with E-state index in [1.54, 1.807) is 7.05 Å². The van der Waals surface area contributed by atoms with Gasteiger partial charge < -0.3 is 10.1 Å². The Hall–Kier alpha value is -1.41. The largest absolute Gasteiger partial charge is 0.379 e. The highest BCUT2D eigenvalue weighted by Crippen LogP contribution is 2.46. The Labute approximate surface area is 118 Å². The van der Waals surface area contributed by atoms with Crippen molar-refractivity contribution in [3.05, 3.63) is 12.3 Å². The van der Waals surface area contributed by atoms with E-state index < -0.39 is 25.7 Å². The predicted octanol–water partition coefficient (Wildman–Crippen LogP) is -0.490. The van der Waals surface area contributed by atoms with Crippen LogP contribution in [0.3, 0.4) is 0 Å². The molecule has 1 aliphatic heterocycles. The Morgan fingerprint density at radius 3 is 2.50 bits per heavy atom. The highest BCUT2D eigenvalue weighted by Gasteiger charge is 2.58. The Morgan fingerprint density at radius 1 is 1.50 bits per heavy atom. The second-order valence-corrected chi connectivity index (χ2v) is 7.80. The van der Waals surface area contributed by atoms with Gasteiger partial charge in [-0.05, 0) is 12.8 Å². The maximum Gasteiger partial charge on any atom is 0.268 e. The lowest BCUT2D eigenvalue weighted by Crippen LogP contribution is -2.50. The fourth-order valence-electron chi connectivity index (χ4n) is 2.02. The molecule has 1 heterocycles. The number of amides is 1. The molecule has 1 N–H and O–H groups in total. The lowest BCUT2D eigenvalue weighted by atomic mass is 10.3. The average Bonchev–Trinajstić information content (AvgIpc) is 3.12. The zero-order valence-corrected chi connectivity index (χ0v) is 12.3. The fourth-order valence-corrected chi connectivity index (χ4v) is 4.23. The first-order chi connectivity index (χ1) is 9.34. The van der Waals surface area contributed by atoms with Crippen LogP contribution in [-0.2, 0) is 19.4 Å². The van der Waals surface area contributed by atoms with Gasteiger partial charge >= 0.3 is 0 Å². The van der Waals surface area contributed by atoms with E-state index in [2.05, 4.69) is 23.7 Å². The highest BCUT2D eigenvalue weighted by molar-refractivity contribution is 7.93. The van der Waals surface area contributed by atoms with E-state index in [0.29, 0.717) is 12.8 Å². The number of likely N-dealkylation sites (N-methyl/N-ethyl adjacent to an activating group) is 1. The summed E-state index contributed by atoms with van der Waals surface area (Å²) in [7, 11) is -1.71. The van der Waals surface area contributed by atoms with Gasteiger partial charge in [0.25, 0.3) is 5.91 Å². The summed E-state index contributed by atoms with van der Waals surface area (Å²) < 4.78 is 28.9. The molecule has 0 aromatic carbocycles. The van der Waals surface area contributed by atoms with Crippen LogP contribution in [0.25, 0.3) is 0 Å². The third-order valence-electron chi connectivity index (χ3n) is 3.89. The zero-order chi connectivity index (χ0) is 15.0. The Kier molecular flexibility index (Phi) is 3.88. The van der Waals surface area contributed by atoms with Crippen molar-refractivity contribution in [3.63, 3.8) is 0 Å². The molecule has 2 aliphatic rings. The number of hydrazone groups is 1. The highest BCUT2D eigenvalue weighted by atomic mass is 32.2. The minimum absolute atomic E-state index is 0.106. The molecule has 0 radical (unpaired) electrons. The summed E-state index contributed by atoms with van der Waals surface area (Å²) in [5.41, 5.74) is 0.125. The second kappa shape index (κ2) is 5.17. The topological polar surface area (TPSA) is 88.1 Å². The fraction of sp³-hybridized carbons (Fsp3) is 0.667. The molecule has 1 amide bonds. The van der Waals surface area contributed by atoms with Gasteiger partial charge in [-0.15, -0.1) is 0 Å². The van der Waals surface area contributed by atoms with Crippen LogP contribution in [0.4, 0.5) is 0 Å². The van der Waals surface area contributed by atoms with Crippen LogP contribution in [0, 0.1) is 0 Å². The van der Waals surface area contributed by atoms with Crippen molar-refractivity contribution in [1.82, 2.24) is 10.3 Å². The molecule has 0 unspecified atom stereocenters. The van der Waals surface area contributed by atoms with E-state index in [0.717, 1.165) is 0 Å². The molecule has 0 bridgehead atoms. The van der Waals surface area contributed by atoms with Gasteiger partial charge in [0.2, 0.25) is 0 Å². The normalized spacial score (nSPS) is 20.6. The van der Waals surface area contributed by atoms with E-state index in [1.807, 2.05) is 0 Å². The molecule has 8 heteroatoms. The quantitative estimate of drug-likeness (QED) is 0.389. The lowest BCUT2D eigenvalue weighted by molar-refractivity contribution is -0.118. The summed E-state index contributed by atoms with van der Waals surface area (Å²) in [5.74, 6) is -0.439. The van der Waals surface area contributed by atoms with Gasteiger partial charge in [-0.25, -0.2) is 8.42 Å². The number of carbonyl (C=O) groups is 1. The maximum absolute atomic E-state index is 12.4. The van der Waals surface area contributed by atoms with Crippen LogP contribution in [0.1, 0.15) is 12.8 Å². The van der Waals surface area contributed by atoms with E-state index >= 15 is 0 Å². The lowest BCUT2D eigenvalue weighted by Gasteiger charge is -2.30. The summed E-state index contributed by atoms with van der Waals surface area (Å²) in [4.78, 5) is 11.8. The van der Waals surface area contributed by atoms with E-state index in [1.165, 1.54) is 5.01 Å². The van der Waals surface area contributed by atoms with E-state index in [-0.39, 0.29) is 25.5 Å². The van der Waals surface area contributed by atoms with Gasteiger partial charge in [-0.3, -0.25) is 9.80 Å². The zero-order valence-electron chi connectivity index (χ0n) is 11.5. The number of hydrogen-bond acceptors (Lipinski definition) is 6. The van der Waals surface area contributed by atoms with Gasteiger partial charge in [0.1, 0.15) is 10.9 Å². The molecule has 112 valence electrons. The molecule has 0 aromatic rings. The molecule has 2 fully saturated rings. The van der Waals surface area contributed by atoms with Gasteiger partial charge in [0.05, 0.1) is 18.0 Å². The smallest absolute Gasteiger partial charge is 0.268 e. The maximum atomic E-state index is 12.4. The second-order valence-electron chi connectivity index (χ2n) is 5.18. The number of carbonyl (C=O) groups excluding carboxylic acids is 1. The van der Waals surface area contributed by atoms with Crippen LogP contribution in [-0.4, -0.2) is 62.9 Å². The molecule has 1 saturated heterocycles. The SMILES string of the molecule is C=NN(C)C(=C)C(=O)NCC1(S(=O)(=O)C2COC2)CC1. The van der Waals surface area contributed by atoms with Crippen molar-refractivity contribution in [1.29, 1.82) is 0 Å². The van der Waals surface area contributed by atoms with Gasteiger partial charge in [0, 0.05) is 20.3 Å². The number of rotatable bonds is 7. The summed E-state index contributed by atoms with van der Waals surface area (Å²) in [6.45, 7) is 7.49. The molecule has 20 heavy (non-hydrogen) atoms. The number of ether oxygens (including phenoxy) is 1. The summed E-state index contributed by atoms with van der Waals surface area (Å²) in [6.07, 6.45) is 1.16. The third kappa shape index (κ3) is 2.45. The van der Waals surface area contributed by atoms with E-state index in [4.69, 9.17) is 4.74 Å². The van der Waals surface area contributed by atoms with Crippen LogP contribution in [0.2, 0.25) is 0 Å². The number of nitrogens with one attached hydrogen (secondary N) is 1. The number of sulfone groups is 1. The van der Waals surface area contributed by atoms with Gasteiger partial charge in [-0.2, -0.15) is 5.10 Å². The minimum atomic E-state index is -3.26. The molecule has 7 nitrogen and oxygen atoms in total. The van der Waals surface area contributed by atoms with Crippen LogP contribution < -0.4 is 5.32 Å². The van der Waals surface area contributed by atoms with Crippen molar-refractivity contribution in [3.8, 4) is 0 Å². The monoisotopic (exact) mass is 301 g/mol. The van der Waals surface area contributed by atoms with Crippen LogP contribution in [0.15, 0.2) is 17.4 Å². The van der Waals surface area contributed by atoms with Crippen molar-refractivity contribution < 1.29 is 17.9 Å². The third-order valence-corrected chi connectivity index (χ3v) is 6.80. The molecule has 0 aromatic heterocycles. The molecular formula is C12H19N3O4S. The number of nitrogens with zero attached hydrogens (tertiary/aromatic N) is 2. The summed E-state index contributed by atoms with van der Waals surface area (Å²) in [6, 6.07) is 0. The average molecular weight is 301 g/mol. The van der Waals surface area contributed by atoms with Gasteiger partial charge in [-0.1, -0.05) is 6.58 Å². The molecule has 1 aliphatic carbocycles. The van der Waals surface area contributed by atoms with E-state index in [9.17, 15) is 13.2 Å². The number of hydrogen-bond donors (Lipinski definition) is 1. The summed E-state index contributed by atoms with van der Waals surface area (Å²) in [5, 5.41) is 6.99. The van der Waals surface area contributed by atoms with Crippen molar-refractivity contribution in [2.24, 2.45) is 5.10 Å². The molecule has 1 saturated carbocycles. The molecule has 2 rings (SSSR count). The molecule has 0 spiro atoms. The molecule has 0 atom stereocenters. The minimum Gasteiger partial charge on any atom is -0.379 e. The standard InChI is InChI=1S/C12H19N3O4S/c1-9(15(3)13-2)11(16)14-8-12(4-5-12)20(17,18)10-6-19-7-10/h10H,1-2,4-8H2,3H3,(H,14,16). The van der Waals surface area contributed by atoms with Crippen molar-refractivity contribution >= 4 is 22.5 Å². The van der Waals surface area contributed by atoms with Crippen molar-refractivity contribution in [2.45, 2.75) is 22.8 Å². The first kappa shape index (κ1) is 15.0. The predicted molar refractivity (Wildman–Crippen MR) is 75.0 cm³/mol.